The van der Waals surface area contributed by atoms with E-state index in [4.69, 9.17) is 0 Å². The number of urea groups is 1. The molecule has 2 amide bonds. The van der Waals surface area contributed by atoms with E-state index < -0.39 is 0 Å². The van der Waals surface area contributed by atoms with Crippen LogP contribution in [0.5, 0.6) is 0 Å². The van der Waals surface area contributed by atoms with E-state index in [1.54, 1.807) is 13.3 Å². The van der Waals surface area contributed by atoms with Crippen molar-refractivity contribution in [2.24, 2.45) is 5.10 Å². The summed E-state index contributed by atoms with van der Waals surface area (Å²) < 4.78 is 0. The van der Waals surface area contributed by atoms with E-state index in [0.717, 1.165) is 0 Å². The summed E-state index contributed by atoms with van der Waals surface area (Å²) in [6.07, 6.45) is 1.66. The van der Waals surface area contributed by atoms with Crippen LogP contribution in [0.4, 0.5) is 4.79 Å². The fourth-order valence-electron chi connectivity index (χ4n) is 0.675. The van der Waals surface area contributed by atoms with Crippen molar-refractivity contribution < 1.29 is 4.79 Å². The van der Waals surface area contributed by atoms with Gasteiger partial charge in [-0.05, 0) is 0 Å². The lowest BCUT2D eigenvalue weighted by molar-refractivity contribution is 0.242. The normalized spacial score (nSPS) is 21.9. The van der Waals surface area contributed by atoms with Crippen LogP contribution in [0, 0.1) is 0 Å². The third-order valence-corrected chi connectivity index (χ3v) is 1.20. The second-order valence-electron chi connectivity index (χ2n) is 1.97. The van der Waals surface area contributed by atoms with Crippen molar-refractivity contribution >= 4 is 12.2 Å². The van der Waals surface area contributed by atoms with Gasteiger partial charge in [-0.25, -0.2) is 4.79 Å². The molecule has 0 bridgehead atoms. The molecular weight excluding hydrogens is 132 g/mol. The summed E-state index contributed by atoms with van der Waals surface area (Å²) in [5, 5.41) is 8.85. The lowest BCUT2D eigenvalue weighted by Crippen LogP contribution is -2.42. The van der Waals surface area contributed by atoms with Gasteiger partial charge in [-0.3, -0.25) is 0 Å². The van der Waals surface area contributed by atoms with Crippen molar-refractivity contribution in [1.29, 1.82) is 0 Å². The van der Waals surface area contributed by atoms with Crippen molar-refractivity contribution in [1.82, 2.24) is 16.1 Å². The van der Waals surface area contributed by atoms with E-state index in [9.17, 15) is 4.79 Å². The van der Waals surface area contributed by atoms with Crippen LogP contribution >= 0.6 is 0 Å². The van der Waals surface area contributed by atoms with E-state index in [1.807, 2.05) is 0 Å². The molecule has 1 heterocycles. The molecular formula is C5H10N4O. The molecule has 0 aliphatic carbocycles. The molecule has 0 spiro atoms. The maximum atomic E-state index is 10.7. The molecule has 5 nitrogen and oxygen atoms in total. The van der Waals surface area contributed by atoms with Gasteiger partial charge in [-0.2, -0.15) is 5.10 Å². The van der Waals surface area contributed by atoms with Crippen LogP contribution < -0.4 is 16.1 Å². The molecule has 1 aliphatic heterocycles. The highest BCUT2D eigenvalue weighted by Gasteiger charge is 2.10. The molecule has 5 heteroatoms. The average Bonchev–Trinajstić information content (AvgIpc) is 2.40. The zero-order valence-corrected chi connectivity index (χ0v) is 5.72. The first-order valence-corrected chi connectivity index (χ1v) is 3.07. The van der Waals surface area contributed by atoms with Crippen molar-refractivity contribution in [3.63, 3.8) is 0 Å². The molecule has 3 N–H and O–H groups in total. The Morgan fingerprint density at radius 2 is 2.70 bits per heavy atom. The van der Waals surface area contributed by atoms with Gasteiger partial charge in [0.1, 0.15) is 0 Å². The Bertz CT molecular complexity index is 156. The standard InChI is InChI=1S/C5H10N4O/c1-6-5(10)9-4-2-7-8-3-4/h2,4,8H,3H2,1H3,(H2,6,9,10). The van der Waals surface area contributed by atoms with Gasteiger partial charge in [0.2, 0.25) is 0 Å². The van der Waals surface area contributed by atoms with Crippen molar-refractivity contribution in [3.05, 3.63) is 0 Å². The van der Waals surface area contributed by atoms with Crippen LogP contribution in [-0.4, -0.2) is 31.9 Å². The highest BCUT2D eigenvalue weighted by atomic mass is 16.2. The molecule has 56 valence electrons. The Hall–Kier alpha value is -1.26. The Labute approximate surface area is 58.9 Å². The summed E-state index contributed by atoms with van der Waals surface area (Å²) in [7, 11) is 1.58. The van der Waals surface area contributed by atoms with Crippen molar-refractivity contribution in [2.75, 3.05) is 13.6 Å². The number of hydrogen-bond donors (Lipinski definition) is 3. The van der Waals surface area contributed by atoms with Gasteiger partial charge in [-0.15, -0.1) is 0 Å². The van der Waals surface area contributed by atoms with Crippen LogP contribution in [0.15, 0.2) is 5.10 Å². The summed E-state index contributed by atoms with van der Waals surface area (Å²) in [5.41, 5.74) is 2.73. The van der Waals surface area contributed by atoms with E-state index in [-0.39, 0.29) is 12.1 Å². The van der Waals surface area contributed by atoms with Gasteiger partial charge in [0.25, 0.3) is 0 Å². The number of amides is 2. The van der Waals surface area contributed by atoms with E-state index in [0.29, 0.717) is 6.54 Å². The minimum absolute atomic E-state index is 0.0277. The molecule has 10 heavy (non-hydrogen) atoms. The molecule has 0 fully saturated rings. The molecule has 0 saturated carbocycles. The van der Waals surface area contributed by atoms with Crippen LogP contribution in [0.3, 0.4) is 0 Å². The fraction of sp³-hybridized carbons (Fsp3) is 0.600. The Kier molecular flexibility index (Phi) is 2.09. The summed E-state index contributed by atoms with van der Waals surface area (Å²) in [6, 6.07) is -0.153. The lowest BCUT2D eigenvalue weighted by atomic mass is 10.3. The molecule has 0 aromatic heterocycles. The van der Waals surface area contributed by atoms with Crippen LogP contribution in [-0.2, 0) is 0 Å². The van der Waals surface area contributed by atoms with Gasteiger partial charge in [0.05, 0.1) is 12.6 Å². The monoisotopic (exact) mass is 142 g/mol. The molecule has 1 atom stereocenters. The number of rotatable bonds is 1. The van der Waals surface area contributed by atoms with E-state index >= 15 is 0 Å². The number of hydrazone groups is 1. The number of carbonyl (C=O) groups excluding carboxylic acids is 1. The highest BCUT2D eigenvalue weighted by molar-refractivity contribution is 5.79. The Morgan fingerprint density at radius 3 is 3.20 bits per heavy atom. The molecule has 1 rings (SSSR count). The quantitative estimate of drug-likeness (QED) is 0.434. The van der Waals surface area contributed by atoms with Gasteiger partial charge in [0.15, 0.2) is 0 Å². The first-order chi connectivity index (χ1) is 4.83. The summed E-state index contributed by atoms with van der Waals surface area (Å²) in [6.45, 7) is 0.674. The molecule has 0 aromatic rings. The third kappa shape index (κ3) is 1.61. The van der Waals surface area contributed by atoms with Crippen molar-refractivity contribution in [3.8, 4) is 0 Å². The second kappa shape index (κ2) is 3.05. The zero-order valence-electron chi connectivity index (χ0n) is 5.72. The zero-order chi connectivity index (χ0) is 7.40. The minimum Gasteiger partial charge on any atom is -0.341 e. The van der Waals surface area contributed by atoms with Crippen LogP contribution in [0.25, 0.3) is 0 Å². The van der Waals surface area contributed by atoms with Gasteiger partial charge < -0.3 is 16.1 Å². The molecule has 0 aromatic carbocycles. The molecule has 1 unspecified atom stereocenters. The number of hydrogen-bond acceptors (Lipinski definition) is 3. The summed E-state index contributed by atoms with van der Waals surface area (Å²) in [5.74, 6) is 0. The first-order valence-electron chi connectivity index (χ1n) is 3.07. The van der Waals surface area contributed by atoms with Crippen molar-refractivity contribution in [2.45, 2.75) is 6.04 Å². The predicted octanol–water partition coefficient (Wildman–Crippen LogP) is -1.13. The Morgan fingerprint density at radius 1 is 1.90 bits per heavy atom. The predicted molar refractivity (Wildman–Crippen MR) is 37.9 cm³/mol. The van der Waals surface area contributed by atoms with Gasteiger partial charge in [-0.1, -0.05) is 0 Å². The second-order valence-corrected chi connectivity index (χ2v) is 1.97. The number of carbonyl (C=O) groups is 1. The maximum Gasteiger partial charge on any atom is 0.315 e. The molecule has 1 aliphatic rings. The first kappa shape index (κ1) is 6.85. The topological polar surface area (TPSA) is 65.5 Å². The van der Waals surface area contributed by atoms with Gasteiger partial charge >= 0.3 is 6.03 Å². The third-order valence-electron chi connectivity index (χ3n) is 1.20. The molecule has 0 saturated heterocycles. The summed E-state index contributed by atoms with van der Waals surface area (Å²) in [4.78, 5) is 10.7. The van der Waals surface area contributed by atoms with Crippen LogP contribution in [0.1, 0.15) is 0 Å². The molecule has 0 radical (unpaired) electrons. The van der Waals surface area contributed by atoms with Crippen LogP contribution in [0.2, 0.25) is 0 Å². The lowest BCUT2D eigenvalue weighted by Gasteiger charge is -2.06. The average molecular weight is 142 g/mol. The maximum absolute atomic E-state index is 10.7. The Balaban J connectivity index is 2.24. The minimum atomic E-state index is -0.180. The van der Waals surface area contributed by atoms with E-state index in [2.05, 4.69) is 21.2 Å². The highest BCUT2D eigenvalue weighted by Crippen LogP contribution is 1.83. The summed E-state index contributed by atoms with van der Waals surface area (Å²) >= 11 is 0. The largest absolute Gasteiger partial charge is 0.341 e. The smallest absolute Gasteiger partial charge is 0.315 e. The number of nitrogens with one attached hydrogen (secondary N) is 3. The van der Waals surface area contributed by atoms with Gasteiger partial charge in [0, 0.05) is 13.3 Å². The SMILES string of the molecule is CNC(=O)NC1C=NNC1. The fourth-order valence-corrected chi connectivity index (χ4v) is 0.675. The van der Waals surface area contributed by atoms with E-state index in [1.165, 1.54) is 0 Å². The number of nitrogens with zero attached hydrogens (tertiary/aromatic N) is 1.